The van der Waals surface area contributed by atoms with Gasteiger partial charge in [0, 0.05) is 6.42 Å². The van der Waals surface area contributed by atoms with Crippen LogP contribution in [-0.2, 0) is 26.6 Å². The van der Waals surface area contributed by atoms with E-state index in [0.29, 0.717) is 0 Å². The Labute approximate surface area is 147 Å². The number of para-hydroxylation sites is 1. The van der Waals surface area contributed by atoms with Crippen LogP contribution in [0.4, 0.5) is 23.2 Å². The van der Waals surface area contributed by atoms with Crippen molar-refractivity contribution in [1.29, 1.82) is 0 Å². The normalized spacial score (nSPS) is 12.0. The van der Waals surface area contributed by atoms with Gasteiger partial charge in [-0.15, -0.1) is 0 Å². The Morgan fingerprint density at radius 3 is 2.38 bits per heavy atom. The standard InChI is InChI=1S/C17H15F4NO3S/c18-14-6-1-2-7-15(14)22-16(23)8-9-26(24,25)11-12-4-3-5-13(10-12)17(19,20)21/h1-7,10H,8-9,11H2,(H,22,23). The molecule has 0 bridgehead atoms. The number of amides is 1. The van der Waals surface area contributed by atoms with Gasteiger partial charge in [0.25, 0.3) is 0 Å². The van der Waals surface area contributed by atoms with Crippen molar-refractivity contribution in [3.63, 3.8) is 0 Å². The second-order valence-electron chi connectivity index (χ2n) is 5.57. The molecule has 2 aromatic rings. The van der Waals surface area contributed by atoms with E-state index >= 15 is 0 Å². The first kappa shape index (κ1) is 19.9. The average Bonchev–Trinajstić information content (AvgIpc) is 2.54. The van der Waals surface area contributed by atoms with Crippen molar-refractivity contribution in [3.05, 3.63) is 65.5 Å². The first-order valence-corrected chi connectivity index (χ1v) is 9.30. The maximum absolute atomic E-state index is 13.4. The maximum Gasteiger partial charge on any atom is 0.416 e. The Morgan fingerprint density at radius 1 is 1.04 bits per heavy atom. The number of nitrogens with one attached hydrogen (secondary N) is 1. The third-order valence-corrected chi connectivity index (χ3v) is 5.03. The highest BCUT2D eigenvalue weighted by atomic mass is 32.2. The van der Waals surface area contributed by atoms with E-state index in [-0.39, 0.29) is 11.3 Å². The lowest BCUT2D eigenvalue weighted by Gasteiger charge is -2.10. The molecule has 26 heavy (non-hydrogen) atoms. The predicted octanol–water partition coefficient (Wildman–Crippen LogP) is 3.79. The lowest BCUT2D eigenvalue weighted by molar-refractivity contribution is -0.137. The van der Waals surface area contributed by atoms with Crippen LogP contribution in [0.1, 0.15) is 17.5 Å². The van der Waals surface area contributed by atoms with E-state index in [4.69, 9.17) is 0 Å². The Bertz CT molecular complexity index is 895. The number of benzene rings is 2. The van der Waals surface area contributed by atoms with Crippen LogP contribution >= 0.6 is 0 Å². The van der Waals surface area contributed by atoms with Crippen LogP contribution in [0.25, 0.3) is 0 Å². The molecular formula is C17H15F4NO3S. The first-order valence-electron chi connectivity index (χ1n) is 7.48. The minimum atomic E-state index is -4.57. The van der Waals surface area contributed by atoms with Crippen LogP contribution < -0.4 is 5.32 Å². The zero-order chi connectivity index (χ0) is 19.4. The summed E-state index contributed by atoms with van der Waals surface area (Å²) in [5.41, 5.74) is -1.04. The monoisotopic (exact) mass is 389 g/mol. The van der Waals surface area contributed by atoms with E-state index in [9.17, 15) is 30.8 Å². The third kappa shape index (κ3) is 5.83. The lowest BCUT2D eigenvalue weighted by atomic mass is 10.1. The van der Waals surface area contributed by atoms with Gasteiger partial charge in [-0.3, -0.25) is 4.79 Å². The minimum absolute atomic E-state index is 0.0191. The molecule has 0 aromatic heterocycles. The summed E-state index contributed by atoms with van der Waals surface area (Å²) in [5.74, 6) is -2.55. The van der Waals surface area contributed by atoms with E-state index in [1.165, 1.54) is 24.3 Å². The molecule has 0 radical (unpaired) electrons. The summed E-state index contributed by atoms with van der Waals surface area (Å²) in [5, 5.41) is 2.25. The summed E-state index contributed by atoms with van der Waals surface area (Å²) < 4.78 is 75.5. The molecule has 1 N–H and O–H groups in total. The Kier molecular flexibility index (Phi) is 6.01. The second-order valence-corrected chi connectivity index (χ2v) is 7.75. The van der Waals surface area contributed by atoms with Gasteiger partial charge >= 0.3 is 6.18 Å². The van der Waals surface area contributed by atoms with Gasteiger partial charge in [-0.2, -0.15) is 13.2 Å². The zero-order valence-corrected chi connectivity index (χ0v) is 14.2. The molecule has 0 saturated heterocycles. The fourth-order valence-corrected chi connectivity index (χ4v) is 3.52. The summed E-state index contributed by atoms with van der Waals surface area (Å²) >= 11 is 0. The number of alkyl halides is 3. The molecule has 9 heteroatoms. The van der Waals surface area contributed by atoms with E-state index in [2.05, 4.69) is 5.32 Å². The quantitative estimate of drug-likeness (QED) is 0.765. The number of hydrogen-bond acceptors (Lipinski definition) is 3. The molecule has 0 aliphatic heterocycles. The van der Waals surface area contributed by atoms with Gasteiger partial charge in [0.15, 0.2) is 9.84 Å². The maximum atomic E-state index is 13.4. The first-order chi connectivity index (χ1) is 12.1. The molecule has 0 spiro atoms. The largest absolute Gasteiger partial charge is 0.416 e. The molecule has 2 aromatic carbocycles. The van der Waals surface area contributed by atoms with Crippen molar-refractivity contribution in [2.45, 2.75) is 18.3 Å². The molecule has 140 valence electrons. The molecular weight excluding hydrogens is 374 g/mol. The van der Waals surface area contributed by atoms with Crippen molar-refractivity contribution in [2.75, 3.05) is 11.1 Å². The Balaban J connectivity index is 1.97. The number of carbonyl (C=O) groups is 1. The fourth-order valence-electron chi connectivity index (χ4n) is 2.19. The molecule has 0 unspecified atom stereocenters. The number of anilines is 1. The third-order valence-electron chi connectivity index (χ3n) is 3.43. The smallest absolute Gasteiger partial charge is 0.324 e. The van der Waals surface area contributed by atoms with Gasteiger partial charge in [0.1, 0.15) is 5.82 Å². The fraction of sp³-hybridized carbons (Fsp3) is 0.235. The summed E-state index contributed by atoms with van der Waals surface area (Å²) in [6.45, 7) is 0. The molecule has 2 rings (SSSR count). The average molecular weight is 389 g/mol. The number of hydrogen-bond donors (Lipinski definition) is 1. The molecule has 0 aliphatic rings. The second kappa shape index (κ2) is 7.86. The van der Waals surface area contributed by atoms with Crippen LogP contribution in [0.5, 0.6) is 0 Å². The molecule has 0 aliphatic carbocycles. The highest BCUT2D eigenvalue weighted by Crippen LogP contribution is 2.29. The number of carbonyl (C=O) groups excluding carboxylic acids is 1. The number of rotatable bonds is 6. The van der Waals surface area contributed by atoms with Gasteiger partial charge in [-0.05, 0) is 23.8 Å². The topological polar surface area (TPSA) is 63.2 Å². The van der Waals surface area contributed by atoms with E-state index in [1.807, 2.05) is 0 Å². The number of halogens is 4. The van der Waals surface area contributed by atoms with Crippen LogP contribution in [0.3, 0.4) is 0 Å². The van der Waals surface area contributed by atoms with Crippen molar-refractivity contribution < 1.29 is 30.8 Å². The summed E-state index contributed by atoms with van der Waals surface area (Å²) in [6.07, 6.45) is -5.00. The van der Waals surface area contributed by atoms with E-state index < -0.39 is 51.2 Å². The summed E-state index contributed by atoms with van der Waals surface area (Å²) in [4.78, 5) is 11.8. The highest BCUT2D eigenvalue weighted by molar-refractivity contribution is 7.90. The van der Waals surface area contributed by atoms with Crippen molar-refractivity contribution >= 4 is 21.4 Å². The minimum Gasteiger partial charge on any atom is -0.324 e. The van der Waals surface area contributed by atoms with Gasteiger partial charge in [-0.1, -0.05) is 30.3 Å². The highest BCUT2D eigenvalue weighted by Gasteiger charge is 2.30. The predicted molar refractivity (Wildman–Crippen MR) is 88.6 cm³/mol. The summed E-state index contributed by atoms with van der Waals surface area (Å²) in [7, 11) is -3.82. The van der Waals surface area contributed by atoms with E-state index in [0.717, 1.165) is 24.3 Å². The number of sulfone groups is 1. The lowest BCUT2D eigenvalue weighted by Crippen LogP contribution is -2.19. The summed E-state index contributed by atoms with van der Waals surface area (Å²) in [6, 6.07) is 9.40. The molecule has 0 saturated carbocycles. The molecule has 1 amide bonds. The van der Waals surface area contributed by atoms with Crippen LogP contribution in [-0.4, -0.2) is 20.1 Å². The van der Waals surface area contributed by atoms with Gasteiger partial charge in [0.05, 0.1) is 22.8 Å². The van der Waals surface area contributed by atoms with E-state index in [1.54, 1.807) is 0 Å². The molecule has 0 heterocycles. The van der Waals surface area contributed by atoms with Crippen molar-refractivity contribution in [1.82, 2.24) is 0 Å². The van der Waals surface area contributed by atoms with Crippen LogP contribution in [0.2, 0.25) is 0 Å². The Hall–Kier alpha value is -2.42. The SMILES string of the molecule is O=C(CCS(=O)(=O)Cc1cccc(C(F)(F)F)c1)Nc1ccccc1F. The van der Waals surface area contributed by atoms with Crippen molar-refractivity contribution in [3.8, 4) is 0 Å². The van der Waals surface area contributed by atoms with Crippen LogP contribution in [0.15, 0.2) is 48.5 Å². The van der Waals surface area contributed by atoms with Crippen molar-refractivity contribution in [2.24, 2.45) is 0 Å². The van der Waals surface area contributed by atoms with Gasteiger partial charge in [-0.25, -0.2) is 12.8 Å². The molecule has 0 atom stereocenters. The Morgan fingerprint density at radius 2 is 1.73 bits per heavy atom. The molecule has 4 nitrogen and oxygen atoms in total. The zero-order valence-electron chi connectivity index (χ0n) is 13.4. The molecule has 0 fully saturated rings. The van der Waals surface area contributed by atoms with Crippen LogP contribution in [0, 0.1) is 5.82 Å². The van der Waals surface area contributed by atoms with Gasteiger partial charge < -0.3 is 5.32 Å². The van der Waals surface area contributed by atoms with Gasteiger partial charge in [0.2, 0.25) is 5.91 Å².